The van der Waals surface area contributed by atoms with Crippen LogP contribution in [0.5, 0.6) is 0 Å². The maximum atomic E-state index is 13.5. The fraction of sp³-hybridized carbons (Fsp3) is 0.483. The SMILES string of the molecule is Cc1cnc(-c2nc([C@@H]3CCCC[C@H]3C(=O)NC3(C#N)CC3)c(-c3ccc(N4CCS(=O)(=O)CC4)cc3)s2)nc1. The van der Waals surface area contributed by atoms with Crippen molar-refractivity contribution in [3.63, 3.8) is 0 Å². The van der Waals surface area contributed by atoms with E-state index in [-0.39, 0.29) is 29.2 Å². The van der Waals surface area contributed by atoms with Gasteiger partial charge in [-0.15, -0.1) is 11.3 Å². The first-order valence-electron chi connectivity index (χ1n) is 13.8. The Morgan fingerprint density at radius 3 is 2.42 bits per heavy atom. The number of amides is 1. The van der Waals surface area contributed by atoms with Crippen LogP contribution in [-0.4, -0.2) is 59.4 Å². The van der Waals surface area contributed by atoms with E-state index in [0.29, 0.717) is 31.8 Å². The Balaban J connectivity index is 1.35. The lowest BCUT2D eigenvalue weighted by Crippen LogP contribution is -2.42. The average Bonchev–Trinajstić information content (AvgIpc) is 3.60. The minimum Gasteiger partial charge on any atom is -0.369 e. The van der Waals surface area contributed by atoms with Gasteiger partial charge >= 0.3 is 0 Å². The first-order chi connectivity index (χ1) is 19.3. The first-order valence-corrected chi connectivity index (χ1v) is 16.5. The van der Waals surface area contributed by atoms with Crippen LogP contribution in [0.25, 0.3) is 21.3 Å². The van der Waals surface area contributed by atoms with E-state index in [1.54, 1.807) is 12.4 Å². The third kappa shape index (κ3) is 5.47. The molecule has 11 heteroatoms. The van der Waals surface area contributed by atoms with E-state index in [0.717, 1.165) is 58.1 Å². The summed E-state index contributed by atoms with van der Waals surface area (Å²) >= 11 is 1.54. The third-order valence-corrected chi connectivity index (χ3v) is 11.0. The first kappa shape index (κ1) is 26.8. The van der Waals surface area contributed by atoms with Gasteiger partial charge in [0.25, 0.3) is 0 Å². The topological polar surface area (TPSA) is 129 Å². The van der Waals surface area contributed by atoms with Crippen molar-refractivity contribution in [1.29, 1.82) is 5.26 Å². The smallest absolute Gasteiger partial charge is 0.225 e. The van der Waals surface area contributed by atoms with Crippen LogP contribution in [0.1, 0.15) is 55.7 Å². The number of thiazole rings is 1. The molecule has 1 saturated heterocycles. The number of hydrogen-bond donors (Lipinski definition) is 1. The molecular weight excluding hydrogens is 544 g/mol. The van der Waals surface area contributed by atoms with Gasteiger partial charge in [0.2, 0.25) is 5.91 Å². The molecule has 3 aromatic rings. The van der Waals surface area contributed by atoms with Crippen molar-refractivity contribution in [3.05, 3.63) is 47.9 Å². The van der Waals surface area contributed by atoms with Gasteiger partial charge in [-0.25, -0.2) is 23.4 Å². The summed E-state index contributed by atoms with van der Waals surface area (Å²) < 4.78 is 23.8. The molecule has 1 amide bonds. The maximum absolute atomic E-state index is 13.5. The monoisotopic (exact) mass is 576 g/mol. The zero-order valence-electron chi connectivity index (χ0n) is 22.5. The van der Waals surface area contributed by atoms with E-state index in [4.69, 9.17) is 4.98 Å². The van der Waals surface area contributed by atoms with E-state index in [9.17, 15) is 18.5 Å². The van der Waals surface area contributed by atoms with Gasteiger partial charge in [-0.1, -0.05) is 25.0 Å². The van der Waals surface area contributed by atoms with Crippen LogP contribution in [-0.2, 0) is 14.6 Å². The summed E-state index contributed by atoms with van der Waals surface area (Å²) in [5.41, 5.74) is 3.15. The zero-order chi connectivity index (χ0) is 27.9. The van der Waals surface area contributed by atoms with Gasteiger partial charge in [-0.2, -0.15) is 5.26 Å². The van der Waals surface area contributed by atoms with Crippen LogP contribution in [0.15, 0.2) is 36.7 Å². The van der Waals surface area contributed by atoms with Crippen LogP contribution in [0.4, 0.5) is 5.69 Å². The van der Waals surface area contributed by atoms with Crippen LogP contribution in [0.2, 0.25) is 0 Å². The molecule has 3 aliphatic rings. The fourth-order valence-corrected chi connectivity index (χ4v) is 7.96. The minimum absolute atomic E-state index is 0.0498. The van der Waals surface area contributed by atoms with Gasteiger partial charge in [0.1, 0.15) is 5.54 Å². The number of nitrogens with one attached hydrogen (secondary N) is 1. The van der Waals surface area contributed by atoms with Crippen molar-refractivity contribution in [3.8, 4) is 27.3 Å². The average molecular weight is 577 g/mol. The minimum atomic E-state index is -2.95. The lowest BCUT2D eigenvalue weighted by molar-refractivity contribution is -0.127. The molecule has 1 aliphatic heterocycles. The molecule has 1 N–H and O–H groups in total. The van der Waals surface area contributed by atoms with Gasteiger partial charge in [-0.05, 0) is 55.9 Å². The molecule has 2 aliphatic carbocycles. The Morgan fingerprint density at radius 1 is 1.10 bits per heavy atom. The summed E-state index contributed by atoms with van der Waals surface area (Å²) in [5, 5.41) is 13.3. The summed E-state index contributed by atoms with van der Waals surface area (Å²) in [5.74, 6) is 0.541. The van der Waals surface area contributed by atoms with E-state index < -0.39 is 15.4 Å². The quantitative estimate of drug-likeness (QED) is 0.461. The van der Waals surface area contributed by atoms with Crippen LogP contribution in [0.3, 0.4) is 0 Å². The molecule has 0 spiro atoms. The molecule has 2 saturated carbocycles. The molecule has 0 radical (unpaired) electrons. The van der Waals surface area contributed by atoms with Crippen molar-refractivity contribution in [1.82, 2.24) is 20.3 Å². The standard InChI is InChI=1S/C29H32N6O3S2/c1-19-16-31-26(32-17-19)28-33-24(22-4-2-3-5-23(22)27(36)34-29(18-30)10-11-29)25(39-28)20-6-8-21(9-7-20)35-12-14-40(37,38)15-13-35/h6-9,16-17,22-23H,2-5,10-15H2,1H3,(H,34,36)/t22-,23-/m1/s1. The molecule has 3 fully saturated rings. The largest absolute Gasteiger partial charge is 0.369 e. The molecule has 208 valence electrons. The number of hydrogen-bond acceptors (Lipinski definition) is 9. The molecule has 40 heavy (non-hydrogen) atoms. The highest BCUT2D eigenvalue weighted by Crippen LogP contribution is 2.46. The van der Waals surface area contributed by atoms with Gasteiger partial charge in [0.05, 0.1) is 28.1 Å². The van der Waals surface area contributed by atoms with E-state index in [1.807, 2.05) is 19.1 Å². The number of aryl methyl sites for hydroxylation is 1. The Labute approximate surface area is 238 Å². The van der Waals surface area contributed by atoms with Crippen molar-refractivity contribution >= 4 is 32.8 Å². The number of carbonyl (C=O) groups is 1. The third-order valence-electron chi connectivity index (χ3n) is 8.25. The highest BCUT2D eigenvalue weighted by molar-refractivity contribution is 7.91. The Morgan fingerprint density at radius 2 is 1.77 bits per heavy atom. The second kappa shape index (κ2) is 10.6. The van der Waals surface area contributed by atoms with E-state index in [2.05, 4.69) is 38.4 Å². The van der Waals surface area contributed by atoms with Gasteiger partial charge < -0.3 is 10.2 Å². The highest BCUT2D eigenvalue weighted by atomic mass is 32.2. The van der Waals surface area contributed by atoms with E-state index >= 15 is 0 Å². The number of carbonyl (C=O) groups excluding carboxylic acids is 1. The second-order valence-electron chi connectivity index (χ2n) is 11.2. The van der Waals surface area contributed by atoms with Crippen molar-refractivity contribution in [2.75, 3.05) is 29.5 Å². The number of rotatable bonds is 6. The molecule has 0 unspecified atom stereocenters. The Bertz CT molecular complexity index is 1540. The van der Waals surface area contributed by atoms with Crippen molar-refractivity contribution < 1.29 is 13.2 Å². The summed E-state index contributed by atoms with van der Waals surface area (Å²) in [4.78, 5) is 30.7. The van der Waals surface area contributed by atoms with Crippen LogP contribution >= 0.6 is 11.3 Å². The molecule has 0 bridgehead atoms. The number of nitriles is 1. The molecule has 6 rings (SSSR count). The molecule has 2 aromatic heterocycles. The van der Waals surface area contributed by atoms with E-state index in [1.165, 1.54) is 11.3 Å². The van der Waals surface area contributed by atoms with Gasteiger partial charge in [0.15, 0.2) is 20.7 Å². The van der Waals surface area contributed by atoms with Gasteiger partial charge in [-0.3, -0.25) is 4.79 Å². The van der Waals surface area contributed by atoms with Crippen molar-refractivity contribution in [2.24, 2.45) is 5.92 Å². The molecule has 3 heterocycles. The Kier molecular flexibility index (Phi) is 7.09. The lowest BCUT2D eigenvalue weighted by atomic mass is 9.76. The molecular formula is C29H32N6O3S2. The van der Waals surface area contributed by atoms with Crippen LogP contribution < -0.4 is 10.2 Å². The maximum Gasteiger partial charge on any atom is 0.225 e. The predicted octanol–water partition coefficient (Wildman–Crippen LogP) is 4.26. The summed E-state index contributed by atoms with van der Waals surface area (Å²) in [7, 11) is -2.95. The normalized spacial score (nSPS) is 23.2. The summed E-state index contributed by atoms with van der Waals surface area (Å²) in [6.07, 6.45) is 8.58. The number of benzene rings is 1. The fourth-order valence-electron chi connectivity index (χ4n) is 5.67. The van der Waals surface area contributed by atoms with Crippen molar-refractivity contribution in [2.45, 2.75) is 56.9 Å². The number of nitrogens with zero attached hydrogens (tertiary/aromatic N) is 5. The number of aromatic nitrogens is 3. The highest BCUT2D eigenvalue weighted by Gasteiger charge is 2.47. The number of anilines is 1. The summed E-state index contributed by atoms with van der Waals surface area (Å²) in [6, 6.07) is 10.5. The lowest BCUT2D eigenvalue weighted by Gasteiger charge is -2.31. The molecule has 1 aromatic carbocycles. The second-order valence-corrected chi connectivity index (χ2v) is 14.5. The molecule has 9 nitrogen and oxygen atoms in total. The summed E-state index contributed by atoms with van der Waals surface area (Å²) in [6.45, 7) is 2.93. The number of sulfone groups is 1. The van der Waals surface area contributed by atoms with Gasteiger partial charge in [0, 0.05) is 43.0 Å². The zero-order valence-corrected chi connectivity index (χ0v) is 24.1. The predicted molar refractivity (Wildman–Crippen MR) is 155 cm³/mol. The molecule has 2 atom stereocenters. The van der Waals surface area contributed by atoms with Crippen LogP contribution in [0, 0.1) is 24.2 Å². The Hall–Kier alpha value is -3.36.